The van der Waals surface area contributed by atoms with Crippen molar-refractivity contribution in [3.05, 3.63) is 47.6 Å². The summed E-state index contributed by atoms with van der Waals surface area (Å²) in [6.07, 6.45) is 1.43. The fourth-order valence-corrected chi connectivity index (χ4v) is 1.95. The van der Waals surface area contributed by atoms with Crippen molar-refractivity contribution in [2.75, 3.05) is 7.11 Å². The third-order valence-corrected chi connectivity index (χ3v) is 3.66. The second-order valence-corrected chi connectivity index (χ2v) is 5.04. The van der Waals surface area contributed by atoms with E-state index in [1.165, 1.54) is 0 Å². The minimum atomic E-state index is -0.534. The Hall–Kier alpha value is -1.72. The van der Waals surface area contributed by atoms with E-state index in [1.54, 1.807) is 7.11 Å². The van der Waals surface area contributed by atoms with E-state index in [2.05, 4.69) is 10.1 Å². The maximum atomic E-state index is 6.13. The van der Waals surface area contributed by atoms with Crippen molar-refractivity contribution in [1.82, 2.24) is 10.1 Å². The highest BCUT2D eigenvalue weighted by molar-refractivity contribution is 5.17. The number of aromatic nitrogens is 2. The lowest BCUT2D eigenvalue weighted by Crippen LogP contribution is -2.25. The van der Waals surface area contributed by atoms with Crippen molar-refractivity contribution >= 4 is 0 Å². The lowest BCUT2D eigenvalue weighted by Gasteiger charge is -2.21. The fourth-order valence-electron chi connectivity index (χ4n) is 1.95. The molecular weight excluding hydrogens is 254 g/mol. The lowest BCUT2D eigenvalue weighted by molar-refractivity contribution is -0.0106. The van der Waals surface area contributed by atoms with Crippen LogP contribution in [0.3, 0.4) is 0 Å². The smallest absolute Gasteiger partial charge is 0.244 e. The summed E-state index contributed by atoms with van der Waals surface area (Å²) in [7, 11) is 1.64. The van der Waals surface area contributed by atoms with Gasteiger partial charge in [0.2, 0.25) is 11.7 Å². The third-order valence-electron chi connectivity index (χ3n) is 3.66. The minimum Gasteiger partial charge on any atom is -0.370 e. The van der Waals surface area contributed by atoms with E-state index < -0.39 is 5.60 Å². The highest BCUT2D eigenvalue weighted by atomic mass is 16.5. The zero-order valence-electron chi connectivity index (χ0n) is 12.2. The molecule has 0 aliphatic rings. The lowest BCUT2D eigenvalue weighted by atomic mass is 10.0. The Morgan fingerprint density at radius 1 is 1.35 bits per heavy atom. The standard InChI is InChI=1S/C15H21N3O2/c1-4-15(2,19-3)14-17-13(20-18-14)12(16)10-11-8-6-5-7-9-11/h5-9,12H,4,10,16H2,1-3H3/t12-,15?/m1/s1. The van der Waals surface area contributed by atoms with Gasteiger partial charge in [-0.1, -0.05) is 42.4 Å². The van der Waals surface area contributed by atoms with Crippen LogP contribution in [-0.2, 0) is 16.8 Å². The summed E-state index contributed by atoms with van der Waals surface area (Å²) >= 11 is 0. The van der Waals surface area contributed by atoms with Gasteiger partial charge in [-0.15, -0.1) is 0 Å². The van der Waals surface area contributed by atoms with E-state index in [1.807, 2.05) is 44.2 Å². The van der Waals surface area contributed by atoms with Crippen LogP contribution < -0.4 is 5.73 Å². The van der Waals surface area contributed by atoms with Crippen LogP contribution in [0, 0.1) is 0 Å². The Morgan fingerprint density at radius 2 is 2.05 bits per heavy atom. The molecule has 1 aromatic carbocycles. The molecule has 0 aliphatic heterocycles. The second-order valence-electron chi connectivity index (χ2n) is 5.04. The molecule has 1 unspecified atom stereocenters. The zero-order chi connectivity index (χ0) is 14.6. The van der Waals surface area contributed by atoms with Crippen molar-refractivity contribution in [1.29, 1.82) is 0 Å². The van der Waals surface area contributed by atoms with Gasteiger partial charge in [0.25, 0.3) is 0 Å². The van der Waals surface area contributed by atoms with Gasteiger partial charge in [-0.2, -0.15) is 4.98 Å². The Bertz CT molecular complexity index is 535. The Kier molecular flexibility index (Phi) is 4.52. The number of ether oxygens (including phenoxy) is 1. The molecule has 2 rings (SSSR count). The maximum absolute atomic E-state index is 6.13. The molecule has 0 aliphatic carbocycles. The van der Waals surface area contributed by atoms with Gasteiger partial charge in [0.05, 0.1) is 6.04 Å². The van der Waals surface area contributed by atoms with Crippen molar-refractivity contribution in [2.24, 2.45) is 5.73 Å². The summed E-state index contributed by atoms with van der Waals surface area (Å²) in [6, 6.07) is 9.70. The monoisotopic (exact) mass is 275 g/mol. The number of nitrogens with two attached hydrogens (primary N) is 1. The van der Waals surface area contributed by atoms with Gasteiger partial charge < -0.3 is 15.0 Å². The van der Waals surface area contributed by atoms with Crippen LogP contribution in [-0.4, -0.2) is 17.3 Å². The van der Waals surface area contributed by atoms with Crippen LogP contribution in [0.1, 0.15) is 43.6 Å². The quantitative estimate of drug-likeness (QED) is 0.877. The molecule has 0 spiro atoms. The summed E-state index contributed by atoms with van der Waals surface area (Å²) in [5, 5.41) is 4.00. The normalized spacial score (nSPS) is 15.8. The molecule has 20 heavy (non-hydrogen) atoms. The molecule has 0 amide bonds. The number of hydrogen-bond acceptors (Lipinski definition) is 5. The number of nitrogens with zero attached hydrogens (tertiary/aromatic N) is 2. The molecule has 0 radical (unpaired) electrons. The number of rotatable bonds is 6. The molecule has 5 heteroatoms. The average Bonchev–Trinajstić information content (AvgIpc) is 2.98. The summed E-state index contributed by atoms with van der Waals surface area (Å²) in [6.45, 7) is 3.95. The van der Waals surface area contributed by atoms with E-state index in [0.29, 0.717) is 18.1 Å². The van der Waals surface area contributed by atoms with Gasteiger partial charge in [-0.3, -0.25) is 0 Å². The number of methoxy groups -OCH3 is 1. The van der Waals surface area contributed by atoms with Crippen LogP contribution in [0.2, 0.25) is 0 Å². The first kappa shape index (κ1) is 14.7. The molecule has 0 saturated heterocycles. The fraction of sp³-hybridized carbons (Fsp3) is 0.467. The van der Waals surface area contributed by atoms with E-state index >= 15 is 0 Å². The molecular formula is C15H21N3O2. The predicted octanol–water partition coefficient (Wildman–Crippen LogP) is 2.58. The van der Waals surface area contributed by atoms with Crippen LogP contribution in [0.15, 0.2) is 34.9 Å². The summed E-state index contributed by atoms with van der Waals surface area (Å²) in [5.74, 6) is 0.988. The summed E-state index contributed by atoms with van der Waals surface area (Å²) in [5.41, 5.74) is 6.74. The molecule has 2 N–H and O–H groups in total. The number of benzene rings is 1. The highest BCUT2D eigenvalue weighted by Crippen LogP contribution is 2.26. The van der Waals surface area contributed by atoms with Gasteiger partial charge in [0.1, 0.15) is 5.60 Å². The topological polar surface area (TPSA) is 74.2 Å². The molecule has 2 atom stereocenters. The summed E-state index contributed by atoms with van der Waals surface area (Å²) < 4.78 is 10.7. The number of hydrogen-bond donors (Lipinski definition) is 1. The minimum absolute atomic E-state index is 0.309. The summed E-state index contributed by atoms with van der Waals surface area (Å²) in [4.78, 5) is 4.39. The average molecular weight is 275 g/mol. The van der Waals surface area contributed by atoms with Gasteiger partial charge in [0.15, 0.2) is 0 Å². The van der Waals surface area contributed by atoms with E-state index in [4.69, 9.17) is 15.0 Å². The molecule has 2 aromatic rings. The molecule has 0 bridgehead atoms. The Morgan fingerprint density at radius 3 is 2.65 bits per heavy atom. The van der Waals surface area contributed by atoms with Crippen LogP contribution in [0.4, 0.5) is 0 Å². The van der Waals surface area contributed by atoms with Gasteiger partial charge in [-0.25, -0.2) is 0 Å². The first-order chi connectivity index (χ1) is 9.59. The molecule has 0 fully saturated rings. The van der Waals surface area contributed by atoms with Gasteiger partial charge >= 0.3 is 0 Å². The maximum Gasteiger partial charge on any atom is 0.244 e. The molecule has 0 saturated carbocycles. The predicted molar refractivity (Wildman–Crippen MR) is 76.0 cm³/mol. The van der Waals surface area contributed by atoms with Crippen molar-refractivity contribution in [3.8, 4) is 0 Å². The van der Waals surface area contributed by atoms with Crippen molar-refractivity contribution < 1.29 is 9.26 Å². The van der Waals surface area contributed by atoms with Crippen LogP contribution in [0.25, 0.3) is 0 Å². The first-order valence-electron chi connectivity index (χ1n) is 6.78. The first-order valence-corrected chi connectivity index (χ1v) is 6.78. The molecule has 5 nitrogen and oxygen atoms in total. The van der Waals surface area contributed by atoms with Gasteiger partial charge in [-0.05, 0) is 25.3 Å². The molecule has 1 heterocycles. The van der Waals surface area contributed by atoms with Crippen LogP contribution in [0.5, 0.6) is 0 Å². The van der Waals surface area contributed by atoms with Gasteiger partial charge in [0, 0.05) is 7.11 Å². The zero-order valence-corrected chi connectivity index (χ0v) is 12.2. The third kappa shape index (κ3) is 3.05. The highest BCUT2D eigenvalue weighted by Gasteiger charge is 2.30. The SMILES string of the molecule is CCC(C)(OC)c1noc([C@H](N)Cc2ccccc2)n1. The van der Waals surface area contributed by atoms with E-state index in [0.717, 1.165) is 12.0 Å². The van der Waals surface area contributed by atoms with E-state index in [-0.39, 0.29) is 6.04 Å². The largest absolute Gasteiger partial charge is 0.370 e. The van der Waals surface area contributed by atoms with Crippen LogP contribution >= 0.6 is 0 Å². The Labute approximate surface area is 119 Å². The molecule has 1 aromatic heterocycles. The molecule has 108 valence electrons. The van der Waals surface area contributed by atoms with Crippen molar-refractivity contribution in [2.45, 2.75) is 38.3 Å². The second kappa shape index (κ2) is 6.15. The Balaban J connectivity index is 2.12. The van der Waals surface area contributed by atoms with E-state index in [9.17, 15) is 0 Å². The van der Waals surface area contributed by atoms with Crippen molar-refractivity contribution in [3.63, 3.8) is 0 Å².